The summed E-state index contributed by atoms with van der Waals surface area (Å²) < 4.78 is 43.6. The van der Waals surface area contributed by atoms with E-state index < -0.39 is 17.8 Å². The summed E-state index contributed by atoms with van der Waals surface area (Å²) >= 11 is 5.89. The highest BCUT2D eigenvalue weighted by Crippen LogP contribution is 2.33. The fourth-order valence-electron chi connectivity index (χ4n) is 4.27. The molecular weight excluding hydrogens is 511 g/mol. The van der Waals surface area contributed by atoms with E-state index in [2.05, 4.69) is 20.5 Å². The first-order valence-electron chi connectivity index (χ1n) is 11.5. The van der Waals surface area contributed by atoms with Gasteiger partial charge in [-0.2, -0.15) is 23.4 Å². The van der Waals surface area contributed by atoms with Gasteiger partial charge in [-0.15, -0.1) is 0 Å². The number of likely N-dealkylation sites (tertiary alicyclic amines) is 1. The van der Waals surface area contributed by atoms with Crippen LogP contribution < -0.4 is 5.32 Å². The molecule has 0 unspecified atom stereocenters. The van der Waals surface area contributed by atoms with Crippen molar-refractivity contribution in [2.75, 3.05) is 18.4 Å². The van der Waals surface area contributed by atoms with Crippen LogP contribution in [0.3, 0.4) is 0 Å². The maximum absolute atomic E-state index is 13.9. The van der Waals surface area contributed by atoms with Gasteiger partial charge in [-0.1, -0.05) is 23.7 Å². The third-order valence-corrected chi connectivity index (χ3v) is 6.38. The highest BCUT2D eigenvalue weighted by molar-refractivity contribution is 6.30. The van der Waals surface area contributed by atoms with E-state index in [1.54, 1.807) is 36.2 Å². The number of nitrogens with zero attached hydrogens (tertiary/aromatic N) is 6. The molecule has 0 aliphatic carbocycles. The molecule has 9 nitrogen and oxygen atoms in total. The average molecular weight is 532 g/mol. The summed E-state index contributed by atoms with van der Waals surface area (Å²) in [5.74, 6) is -1.08. The van der Waals surface area contributed by atoms with Crippen molar-refractivity contribution in [1.82, 2.24) is 29.3 Å². The number of nitrogens with one attached hydrogen (secondary N) is 1. The van der Waals surface area contributed by atoms with E-state index in [4.69, 9.17) is 11.6 Å². The molecule has 1 aromatic carbocycles. The number of rotatable bonds is 4. The molecule has 1 N–H and O–H groups in total. The zero-order valence-electron chi connectivity index (χ0n) is 19.6. The molecule has 4 heterocycles. The lowest BCUT2D eigenvalue weighted by Gasteiger charge is -2.27. The van der Waals surface area contributed by atoms with E-state index in [9.17, 15) is 22.8 Å². The Hall–Kier alpha value is -3.93. The van der Waals surface area contributed by atoms with E-state index in [1.165, 1.54) is 10.9 Å². The molecule has 1 aliphatic heterocycles. The van der Waals surface area contributed by atoms with Crippen LogP contribution in [-0.4, -0.2) is 54.2 Å². The smallest absolute Gasteiger partial charge is 0.337 e. The van der Waals surface area contributed by atoms with Crippen LogP contribution in [0.1, 0.15) is 45.9 Å². The average Bonchev–Trinajstić information content (AvgIpc) is 3.46. The second kappa shape index (κ2) is 9.51. The van der Waals surface area contributed by atoms with Gasteiger partial charge in [0.25, 0.3) is 11.8 Å². The molecule has 37 heavy (non-hydrogen) atoms. The summed E-state index contributed by atoms with van der Waals surface area (Å²) in [6.07, 6.45) is -0.624. The third-order valence-electron chi connectivity index (χ3n) is 6.12. The SMILES string of the molecule is Cn1ncc(NC(=O)c2cc3nc(-c4ccc(Cl)cc4)cc(C(F)(F)F)n3n2)c1C(=O)N1CCCCC1. The highest BCUT2D eigenvalue weighted by atomic mass is 35.5. The quantitative estimate of drug-likeness (QED) is 0.412. The van der Waals surface area contributed by atoms with Crippen molar-refractivity contribution in [2.45, 2.75) is 25.4 Å². The first-order chi connectivity index (χ1) is 17.6. The zero-order chi connectivity index (χ0) is 26.3. The number of hydrogen-bond donors (Lipinski definition) is 1. The van der Waals surface area contributed by atoms with Crippen LogP contribution in [0.2, 0.25) is 5.02 Å². The van der Waals surface area contributed by atoms with Crippen LogP contribution in [0, 0.1) is 0 Å². The number of halogens is 4. The first kappa shape index (κ1) is 24.8. The van der Waals surface area contributed by atoms with E-state index in [-0.39, 0.29) is 34.3 Å². The Kier molecular flexibility index (Phi) is 6.36. The minimum Gasteiger partial charge on any atom is -0.337 e. The maximum atomic E-state index is 13.9. The first-order valence-corrected chi connectivity index (χ1v) is 11.9. The predicted octanol–water partition coefficient (Wildman–Crippen LogP) is 4.68. The van der Waals surface area contributed by atoms with Crippen molar-refractivity contribution in [3.8, 4) is 11.3 Å². The Balaban J connectivity index is 1.49. The molecule has 192 valence electrons. The van der Waals surface area contributed by atoms with Gasteiger partial charge in [-0.25, -0.2) is 9.50 Å². The number of fused-ring (bicyclic) bond motifs is 1. The molecule has 13 heteroatoms. The molecule has 1 aliphatic rings. The van der Waals surface area contributed by atoms with Crippen molar-refractivity contribution in [1.29, 1.82) is 0 Å². The summed E-state index contributed by atoms with van der Waals surface area (Å²) in [4.78, 5) is 32.0. The lowest BCUT2D eigenvalue weighted by Crippen LogP contribution is -2.37. The Morgan fingerprint density at radius 2 is 1.76 bits per heavy atom. The summed E-state index contributed by atoms with van der Waals surface area (Å²) in [6.45, 7) is 1.21. The monoisotopic (exact) mass is 531 g/mol. The Morgan fingerprint density at radius 3 is 2.43 bits per heavy atom. The molecule has 0 bridgehead atoms. The summed E-state index contributed by atoms with van der Waals surface area (Å²) in [5.41, 5.74) is -0.772. The van der Waals surface area contributed by atoms with Crippen molar-refractivity contribution < 1.29 is 22.8 Å². The molecule has 0 radical (unpaired) electrons. The van der Waals surface area contributed by atoms with Crippen molar-refractivity contribution in [2.24, 2.45) is 7.05 Å². The fraction of sp³-hybridized carbons (Fsp3) is 0.292. The van der Waals surface area contributed by atoms with E-state index in [1.807, 2.05) is 0 Å². The molecular formula is C24H21ClF3N7O2. The van der Waals surface area contributed by atoms with E-state index >= 15 is 0 Å². The topological polar surface area (TPSA) is 97.4 Å². The van der Waals surface area contributed by atoms with E-state index in [0.717, 1.165) is 31.4 Å². The van der Waals surface area contributed by atoms with Gasteiger partial charge in [0.05, 0.1) is 17.6 Å². The molecule has 1 fully saturated rings. The second-order valence-electron chi connectivity index (χ2n) is 8.67. The Morgan fingerprint density at radius 1 is 1.05 bits per heavy atom. The van der Waals surface area contributed by atoms with Crippen LogP contribution in [0.15, 0.2) is 42.6 Å². The number of aryl methyl sites for hydroxylation is 1. The molecule has 3 aromatic heterocycles. The van der Waals surface area contributed by atoms with Gasteiger partial charge in [0, 0.05) is 36.8 Å². The number of amides is 2. The second-order valence-corrected chi connectivity index (χ2v) is 9.10. The van der Waals surface area contributed by atoms with Gasteiger partial charge < -0.3 is 10.2 Å². The molecule has 0 saturated carbocycles. The van der Waals surface area contributed by atoms with Crippen molar-refractivity contribution in [3.05, 3.63) is 64.7 Å². The predicted molar refractivity (Wildman–Crippen MR) is 129 cm³/mol. The zero-order valence-corrected chi connectivity index (χ0v) is 20.3. The number of aromatic nitrogens is 5. The largest absolute Gasteiger partial charge is 0.433 e. The van der Waals surface area contributed by atoms with Gasteiger partial charge in [0.1, 0.15) is 5.69 Å². The van der Waals surface area contributed by atoms with Crippen LogP contribution in [0.25, 0.3) is 16.9 Å². The molecule has 4 aromatic rings. The molecule has 1 saturated heterocycles. The number of carbonyl (C=O) groups is 2. The number of anilines is 1. The van der Waals surface area contributed by atoms with Gasteiger partial charge in [-0.3, -0.25) is 14.3 Å². The van der Waals surface area contributed by atoms with Gasteiger partial charge >= 0.3 is 6.18 Å². The summed E-state index contributed by atoms with van der Waals surface area (Å²) in [6, 6.07) is 8.21. The standard InChI is InChI=1S/C24H21ClF3N7O2/c1-33-21(23(37)34-9-3-2-4-10-34)18(13-29-33)31-22(36)17-12-20-30-16(14-5-7-15(25)8-6-14)11-19(24(26,27)28)35(20)32-17/h5-8,11-13H,2-4,9-10H2,1H3,(H,31,36). The number of hydrogen-bond acceptors (Lipinski definition) is 5. The minimum absolute atomic E-state index is 0.0463. The number of benzene rings is 1. The van der Waals surface area contributed by atoms with Gasteiger partial charge in [-0.05, 0) is 37.5 Å². The Bertz CT molecular complexity index is 1490. The van der Waals surface area contributed by atoms with Gasteiger partial charge in [0.15, 0.2) is 17.0 Å². The van der Waals surface area contributed by atoms with Crippen molar-refractivity contribution >= 4 is 34.7 Å². The van der Waals surface area contributed by atoms with E-state index in [0.29, 0.717) is 28.2 Å². The van der Waals surface area contributed by atoms with Crippen LogP contribution >= 0.6 is 11.6 Å². The number of alkyl halides is 3. The van der Waals surface area contributed by atoms with Crippen LogP contribution in [-0.2, 0) is 13.2 Å². The highest BCUT2D eigenvalue weighted by Gasteiger charge is 2.36. The number of piperidine rings is 1. The fourth-order valence-corrected chi connectivity index (χ4v) is 4.40. The third kappa shape index (κ3) is 4.88. The normalized spacial score (nSPS) is 14.2. The number of carbonyl (C=O) groups excluding carboxylic acids is 2. The van der Waals surface area contributed by atoms with Gasteiger partial charge in [0.2, 0.25) is 0 Å². The molecule has 2 amide bonds. The maximum Gasteiger partial charge on any atom is 0.433 e. The summed E-state index contributed by atoms with van der Waals surface area (Å²) in [5, 5.41) is 11.0. The minimum atomic E-state index is -4.76. The molecule has 5 rings (SSSR count). The van der Waals surface area contributed by atoms with Crippen LogP contribution in [0.4, 0.5) is 18.9 Å². The lowest BCUT2D eigenvalue weighted by atomic mass is 10.1. The van der Waals surface area contributed by atoms with Crippen molar-refractivity contribution in [3.63, 3.8) is 0 Å². The van der Waals surface area contributed by atoms with Crippen LogP contribution in [0.5, 0.6) is 0 Å². The Labute approximate surface area is 213 Å². The lowest BCUT2D eigenvalue weighted by molar-refractivity contribution is -0.142. The molecule has 0 spiro atoms. The molecule has 0 atom stereocenters. The summed E-state index contributed by atoms with van der Waals surface area (Å²) in [7, 11) is 1.58.